The minimum absolute atomic E-state index is 0.361. The summed E-state index contributed by atoms with van der Waals surface area (Å²) >= 11 is 0. The molecule has 3 aromatic rings. The van der Waals surface area contributed by atoms with Gasteiger partial charge in [-0.1, -0.05) is 36.2 Å². The van der Waals surface area contributed by atoms with Gasteiger partial charge in [0.25, 0.3) is 0 Å². The monoisotopic (exact) mass is 349 g/mol. The Balaban J connectivity index is 1.78. The molecule has 2 heterocycles. The molecule has 5 nitrogen and oxygen atoms in total. The van der Waals surface area contributed by atoms with Crippen LogP contribution in [0.2, 0.25) is 0 Å². The number of rotatable bonds is 6. The lowest BCUT2D eigenvalue weighted by Crippen LogP contribution is -2.34. The molecule has 0 unspecified atom stereocenters. The lowest BCUT2D eigenvalue weighted by molar-refractivity contribution is 0.0684. The van der Waals surface area contributed by atoms with Gasteiger partial charge < -0.3 is 15.0 Å². The quantitative estimate of drug-likeness (QED) is 0.711. The third-order valence-electron chi connectivity index (χ3n) is 5.31. The molecule has 1 aliphatic rings. The van der Waals surface area contributed by atoms with Gasteiger partial charge in [-0.15, -0.1) is 0 Å². The maximum absolute atomic E-state index is 12.1. The molecule has 1 aliphatic carbocycles. The first-order valence-corrected chi connectivity index (χ1v) is 9.11. The van der Waals surface area contributed by atoms with E-state index in [-0.39, 0.29) is 0 Å². The standard InChI is InChI=1S/C21H23N3O2/c1-14-5-7-15(8-6-14)13-24-19-9-10-22-11-17(19)18(20(24)21(25)26)12-23-16-3-2-4-16/h5-11,16,23H,2-4,12-13H2,1H3,(H,25,26). The van der Waals surface area contributed by atoms with Crippen molar-refractivity contribution in [1.29, 1.82) is 0 Å². The zero-order chi connectivity index (χ0) is 18.1. The minimum Gasteiger partial charge on any atom is -0.477 e. The number of fused-ring (bicyclic) bond motifs is 1. The van der Waals surface area contributed by atoms with Crippen molar-refractivity contribution < 1.29 is 9.90 Å². The summed E-state index contributed by atoms with van der Waals surface area (Å²) in [5.41, 5.74) is 4.40. The number of benzene rings is 1. The van der Waals surface area contributed by atoms with Crippen LogP contribution < -0.4 is 5.32 Å². The Hall–Kier alpha value is -2.66. The van der Waals surface area contributed by atoms with Crippen molar-refractivity contribution in [3.63, 3.8) is 0 Å². The molecule has 1 fully saturated rings. The van der Waals surface area contributed by atoms with E-state index < -0.39 is 5.97 Å². The number of hydrogen-bond acceptors (Lipinski definition) is 3. The molecule has 134 valence electrons. The van der Waals surface area contributed by atoms with Crippen LogP contribution in [-0.4, -0.2) is 26.7 Å². The fourth-order valence-corrected chi connectivity index (χ4v) is 3.59. The van der Waals surface area contributed by atoms with Crippen molar-refractivity contribution in [2.45, 2.75) is 45.3 Å². The molecule has 0 amide bonds. The minimum atomic E-state index is -0.890. The van der Waals surface area contributed by atoms with Crippen LogP contribution in [0.15, 0.2) is 42.7 Å². The van der Waals surface area contributed by atoms with Crippen LogP contribution in [0.1, 0.15) is 46.4 Å². The number of carbonyl (C=O) groups is 1. The highest BCUT2D eigenvalue weighted by atomic mass is 16.4. The Kier molecular flexibility index (Phi) is 4.47. The topological polar surface area (TPSA) is 67.2 Å². The van der Waals surface area contributed by atoms with Gasteiger partial charge in [0.15, 0.2) is 0 Å². The van der Waals surface area contributed by atoms with Gasteiger partial charge in [0.05, 0.1) is 5.52 Å². The van der Waals surface area contributed by atoms with Crippen molar-refractivity contribution in [3.8, 4) is 0 Å². The lowest BCUT2D eigenvalue weighted by atomic mass is 9.93. The molecule has 0 radical (unpaired) electrons. The number of carboxylic acids is 1. The molecular formula is C21H23N3O2. The molecule has 1 saturated carbocycles. The second kappa shape index (κ2) is 6.92. The third kappa shape index (κ3) is 3.10. The third-order valence-corrected chi connectivity index (χ3v) is 5.31. The van der Waals surface area contributed by atoms with Crippen LogP contribution in [-0.2, 0) is 13.1 Å². The van der Waals surface area contributed by atoms with Crippen molar-refractivity contribution in [2.75, 3.05) is 0 Å². The Morgan fingerprint density at radius 1 is 1.27 bits per heavy atom. The van der Waals surface area contributed by atoms with Gasteiger partial charge in [0.2, 0.25) is 0 Å². The first-order valence-electron chi connectivity index (χ1n) is 9.11. The van der Waals surface area contributed by atoms with Crippen molar-refractivity contribution in [2.24, 2.45) is 0 Å². The maximum Gasteiger partial charge on any atom is 0.352 e. The number of aromatic carboxylic acids is 1. The number of pyridine rings is 1. The van der Waals surface area contributed by atoms with Gasteiger partial charge in [-0.25, -0.2) is 4.79 Å². The van der Waals surface area contributed by atoms with Crippen molar-refractivity contribution in [3.05, 3.63) is 65.1 Å². The number of aromatic nitrogens is 2. The van der Waals surface area contributed by atoms with Gasteiger partial charge in [0.1, 0.15) is 5.69 Å². The average Bonchev–Trinajstić information content (AvgIpc) is 2.90. The summed E-state index contributed by atoms with van der Waals surface area (Å²) in [5.74, 6) is -0.890. The highest BCUT2D eigenvalue weighted by Gasteiger charge is 2.24. The van der Waals surface area contributed by atoms with Crippen LogP contribution in [0.25, 0.3) is 10.9 Å². The lowest BCUT2D eigenvalue weighted by Gasteiger charge is -2.26. The van der Waals surface area contributed by atoms with Gasteiger partial charge in [-0.2, -0.15) is 0 Å². The van der Waals surface area contributed by atoms with Crippen LogP contribution >= 0.6 is 0 Å². The van der Waals surface area contributed by atoms with Crippen LogP contribution in [0.3, 0.4) is 0 Å². The summed E-state index contributed by atoms with van der Waals surface area (Å²) in [4.78, 5) is 16.3. The summed E-state index contributed by atoms with van der Waals surface area (Å²) in [7, 11) is 0. The SMILES string of the molecule is Cc1ccc(Cn2c(C(=O)O)c(CNC3CCC3)c3cnccc32)cc1. The Bertz CT molecular complexity index is 940. The fourth-order valence-electron chi connectivity index (χ4n) is 3.59. The number of carboxylic acid groups (broad SMARTS) is 1. The number of nitrogens with zero attached hydrogens (tertiary/aromatic N) is 2. The van der Waals surface area contributed by atoms with Crippen LogP contribution in [0.5, 0.6) is 0 Å². The van der Waals surface area contributed by atoms with Gasteiger partial charge in [-0.3, -0.25) is 4.98 Å². The molecule has 0 atom stereocenters. The molecule has 5 heteroatoms. The van der Waals surface area contributed by atoms with Gasteiger partial charge in [0, 0.05) is 42.5 Å². The molecular weight excluding hydrogens is 326 g/mol. The number of nitrogens with one attached hydrogen (secondary N) is 1. The fraction of sp³-hybridized carbons (Fsp3) is 0.333. The zero-order valence-corrected chi connectivity index (χ0v) is 14.9. The van der Waals surface area contributed by atoms with E-state index in [2.05, 4.69) is 34.6 Å². The van der Waals surface area contributed by atoms with E-state index in [0.717, 1.165) is 22.0 Å². The zero-order valence-electron chi connectivity index (χ0n) is 14.9. The van der Waals surface area contributed by atoms with Crippen LogP contribution in [0.4, 0.5) is 0 Å². The average molecular weight is 349 g/mol. The first-order chi connectivity index (χ1) is 12.6. The number of aryl methyl sites for hydroxylation is 1. The summed E-state index contributed by atoms with van der Waals surface area (Å²) in [6.07, 6.45) is 7.10. The van der Waals surface area contributed by atoms with E-state index >= 15 is 0 Å². The summed E-state index contributed by atoms with van der Waals surface area (Å²) in [6, 6.07) is 10.6. The molecule has 0 bridgehead atoms. The largest absolute Gasteiger partial charge is 0.477 e. The summed E-state index contributed by atoms with van der Waals surface area (Å²) in [6.45, 7) is 3.15. The van der Waals surface area contributed by atoms with Gasteiger partial charge in [-0.05, 0) is 31.4 Å². The van der Waals surface area contributed by atoms with E-state index in [1.165, 1.54) is 24.8 Å². The van der Waals surface area contributed by atoms with E-state index in [1.54, 1.807) is 12.4 Å². The predicted molar refractivity (Wildman–Crippen MR) is 101 cm³/mol. The van der Waals surface area contributed by atoms with E-state index in [1.807, 2.05) is 17.6 Å². The second-order valence-electron chi connectivity index (χ2n) is 7.11. The van der Waals surface area contributed by atoms with Crippen molar-refractivity contribution in [1.82, 2.24) is 14.9 Å². The Labute approximate surface area is 152 Å². The van der Waals surface area contributed by atoms with E-state index in [4.69, 9.17) is 0 Å². The van der Waals surface area contributed by atoms with E-state index in [0.29, 0.717) is 24.8 Å². The molecule has 2 aromatic heterocycles. The molecule has 0 saturated heterocycles. The molecule has 26 heavy (non-hydrogen) atoms. The molecule has 1 aromatic carbocycles. The Morgan fingerprint density at radius 3 is 2.69 bits per heavy atom. The molecule has 4 rings (SSSR count). The first kappa shape index (κ1) is 16.8. The van der Waals surface area contributed by atoms with E-state index in [9.17, 15) is 9.90 Å². The highest BCUT2D eigenvalue weighted by Crippen LogP contribution is 2.28. The van der Waals surface area contributed by atoms with Gasteiger partial charge >= 0.3 is 5.97 Å². The maximum atomic E-state index is 12.1. The molecule has 2 N–H and O–H groups in total. The van der Waals surface area contributed by atoms with Crippen molar-refractivity contribution >= 4 is 16.9 Å². The molecule has 0 aliphatic heterocycles. The number of hydrogen-bond donors (Lipinski definition) is 2. The molecule has 0 spiro atoms. The predicted octanol–water partition coefficient (Wildman–Crippen LogP) is 3.73. The smallest absolute Gasteiger partial charge is 0.352 e. The summed E-state index contributed by atoms with van der Waals surface area (Å²) in [5, 5.41) is 14.4. The van der Waals surface area contributed by atoms with Crippen LogP contribution in [0, 0.1) is 6.92 Å². The highest BCUT2D eigenvalue weighted by molar-refractivity contribution is 5.98. The Morgan fingerprint density at radius 2 is 2.04 bits per heavy atom. The summed E-state index contributed by atoms with van der Waals surface area (Å²) < 4.78 is 1.90. The normalized spacial score (nSPS) is 14.5. The second-order valence-corrected chi connectivity index (χ2v) is 7.11.